The maximum atomic E-state index is 11.7. The molecule has 0 aliphatic rings. The Morgan fingerprint density at radius 3 is 2.40 bits per heavy atom. The van der Waals surface area contributed by atoms with E-state index in [0.717, 1.165) is 25.7 Å². The van der Waals surface area contributed by atoms with E-state index in [9.17, 15) is 18.1 Å². The van der Waals surface area contributed by atoms with Gasteiger partial charge in [-0.15, -0.1) is 5.75 Å². The summed E-state index contributed by atoms with van der Waals surface area (Å²) in [7, 11) is -4.34. The molecule has 2 aromatic carbocycles. The fraction of sp³-hybridized carbons (Fsp3) is 0.333. The minimum absolute atomic E-state index is 0. The molecule has 0 spiro atoms. The first kappa shape index (κ1) is 22.0. The molecule has 25 heavy (non-hydrogen) atoms. The van der Waals surface area contributed by atoms with E-state index in [1.54, 1.807) is 24.3 Å². The number of rotatable bonds is 8. The first-order chi connectivity index (χ1) is 11.4. The molecule has 0 aromatic heterocycles. The Labute approximate surface area is 171 Å². The first-order valence-electron chi connectivity index (χ1n) is 7.95. The van der Waals surface area contributed by atoms with E-state index in [1.807, 2.05) is 0 Å². The smallest absolute Gasteiger partial charge is 0.872 e. The molecule has 5 nitrogen and oxygen atoms in total. The Bertz CT molecular complexity index is 790. The Hall–Kier alpha value is -1.05. The van der Waals surface area contributed by atoms with Crippen LogP contribution in [0.25, 0.3) is 0 Å². The van der Waals surface area contributed by atoms with Crippen LogP contribution < -0.4 is 39.4 Å². The molecule has 0 atom stereocenters. The third-order valence-corrected chi connectivity index (χ3v) is 4.59. The molecule has 0 amide bonds. The fourth-order valence-electron chi connectivity index (χ4n) is 2.46. The Kier molecular flexibility index (Phi) is 8.96. The number of unbranched alkanes of at least 4 members (excludes halogenated alkanes) is 3. The van der Waals surface area contributed by atoms with E-state index >= 15 is 0 Å². The first-order valence-corrected chi connectivity index (χ1v) is 9.39. The largest absolute Gasteiger partial charge is 1.00 e. The van der Waals surface area contributed by atoms with Crippen molar-refractivity contribution in [2.45, 2.75) is 43.9 Å². The van der Waals surface area contributed by atoms with Gasteiger partial charge in [-0.3, -0.25) is 4.55 Å². The maximum absolute atomic E-state index is 11.7. The number of hydrogen-bond acceptors (Lipinski definition) is 4. The summed E-state index contributed by atoms with van der Waals surface area (Å²) < 4.78 is 38.3. The number of ether oxygens (including phenoxy) is 1. The van der Waals surface area contributed by atoms with Crippen LogP contribution >= 0.6 is 0 Å². The summed E-state index contributed by atoms with van der Waals surface area (Å²) in [4.78, 5) is -0.144. The Morgan fingerprint density at radius 2 is 1.76 bits per heavy atom. The number of benzene rings is 2. The minimum Gasteiger partial charge on any atom is -0.872 e. The molecule has 1 N–H and O–H groups in total. The molecule has 0 aliphatic carbocycles. The molecular weight excluding hydrogens is 351 g/mol. The van der Waals surface area contributed by atoms with Gasteiger partial charge in [-0.2, -0.15) is 8.42 Å². The average Bonchev–Trinajstić information content (AvgIpc) is 2.51. The van der Waals surface area contributed by atoms with Crippen molar-refractivity contribution in [2.75, 3.05) is 0 Å². The van der Waals surface area contributed by atoms with Crippen molar-refractivity contribution in [2.24, 2.45) is 0 Å². The Morgan fingerprint density at radius 1 is 1.04 bits per heavy atom. The van der Waals surface area contributed by atoms with E-state index in [-0.39, 0.29) is 46.0 Å². The topological polar surface area (TPSA) is 86.7 Å². The molecule has 0 fully saturated rings. The van der Waals surface area contributed by atoms with Crippen molar-refractivity contribution in [1.82, 2.24) is 0 Å². The fourth-order valence-corrected chi connectivity index (χ4v) is 3.23. The average molecular weight is 372 g/mol. The van der Waals surface area contributed by atoms with Crippen molar-refractivity contribution in [3.8, 4) is 17.2 Å². The molecule has 0 radical (unpaired) electrons. The van der Waals surface area contributed by atoms with Gasteiger partial charge in [0.25, 0.3) is 10.1 Å². The van der Waals surface area contributed by atoms with Crippen molar-refractivity contribution in [1.29, 1.82) is 0 Å². The maximum Gasteiger partial charge on any atom is 1.00 e. The minimum atomic E-state index is -4.34. The summed E-state index contributed by atoms with van der Waals surface area (Å²) in [5.74, 6) is 0.375. The molecule has 0 saturated heterocycles. The van der Waals surface area contributed by atoms with Crippen molar-refractivity contribution < 1.29 is 52.4 Å². The summed E-state index contributed by atoms with van der Waals surface area (Å²) in [5.41, 5.74) is 0.568. The quantitative estimate of drug-likeness (QED) is 0.423. The van der Waals surface area contributed by atoms with Crippen LogP contribution in [0.15, 0.2) is 47.4 Å². The van der Waals surface area contributed by atoms with Crippen LogP contribution in [0, 0.1) is 0 Å². The normalized spacial score (nSPS) is 11.0. The summed E-state index contributed by atoms with van der Waals surface area (Å²) >= 11 is 0. The zero-order valence-electron chi connectivity index (χ0n) is 14.6. The monoisotopic (exact) mass is 372 g/mol. The van der Waals surface area contributed by atoms with Crippen LogP contribution in [0.5, 0.6) is 17.2 Å². The zero-order chi connectivity index (χ0) is 17.6. The predicted molar refractivity (Wildman–Crippen MR) is 90.1 cm³/mol. The standard InChI is InChI=1S/C18H22O5S.Na/c1-2-3-4-5-7-14-10-11-17(13-18(14)24(20,21)22)23-16-9-6-8-15(19)12-16;/h6,8-13,19H,2-5,7H2,1H3,(H,20,21,22);/q;+1/p-1. The van der Waals surface area contributed by atoms with Crippen LogP contribution in [0.2, 0.25) is 0 Å². The summed E-state index contributed by atoms with van der Waals surface area (Å²) in [5, 5.41) is 11.3. The van der Waals surface area contributed by atoms with Gasteiger partial charge in [-0.25, -0.2) is 0 Å². The summed E-state index contributed by atoms with van der Waals surface area (Å²) in [6.07, 6.45) is 4.63. The van der Waals surface area contributed by atoms with Gasteiger partial charge in [0.1, 0.15) is 16.4 Å². The molecule has 0 aliphatic heterocycles. The van der Waals surface area contributed by atoms with Crippen molar-refractivity contribution in [3.05, 3.63) is 48.0 Å². The van der Waals surface area contributed by atoms with Crippen molar-refractivity contribution >= 4 is 10.1 Å². The molecule has 0 bridgehead atoms. The molecule has 0 saturated carbocycles. The van der Waals surface area contributed by atoms with Crippen LogP contribution in [-0.2, 0) is 16.5 Å². The van der Waals surface area contributed by atoms with Gasteiger partial charge >= 0.3 is 29.6 Å². The van der Waals surface area contributed by atoms with E-state index in [2.05, 4.69) is 6.92 Å². The number of hydrogen-bond donors (Lipinski definition) is 1. The molecule has 2 aromatic rings. The van der Waals surface area contributed by atoms with Crippen LogP contribution in [0.1, 0.15) is 38.2 Å². The predicted octanol–water partition coefficient (Wildman–Crippen LogP) is 0.926. The van der Waals surface area contributed by atoms with E-state index in [0.29, 0.717) is 17.7 Å². The summed E-state index contributed by atoms with van der Waals surface area (Å²) in [6.45, 7) is 2.10. The molecular formula is C18H21NaO5S. The van der Waals surface area contributed by atoms with Gasteiger partial charge in [-0.1, -0.05) is 44.4 Å². The third-order valence-electron chi connectivity index (χ3n) is 3.66. The van der Waals surface area contributed by atoms with Gasteiger partial charge < -0.3 is 9.84 Å². The van der Waals surface area contributed by atoms with E-state index < -0.39 is 10.1 Å². The van der Waals surface area contributed by atoms with Gasteiger partial charge in [0.05, 0.1) is 0 Å². The van der Waals surface area contributed by atoms with Gasteiger partial charge in [0.15, 0.2) is 0 Å². The second-order valence-electron chi connectivity index (χ2n) is 5.63. The second-order valence-corrected chi connectivity index (χ2v) is 7.02. The van der Waals surface area contributed by atoms with E-state index in [1.165, 1.54) is 18.2 Å². The SMILES string of the molecule is CCCCCCc1ccc(Oc2cccc([O-])c2)cc1S(=O)(=O)O.[Na+]. The summed E-state index contributed by atoms with van der Waals surface area (Å²) in [6, 6.07) is 10.5. The van der Waals surface area contributed by atoms with Crippen LogP contribution in [0.4, 0.5) is 0 Å². The van der Waals surface area contributed by atoms with Crippen LogP contribution in [0.3, 0.4) is 0 Å². The second kappa shape index (κ2) is 10.2. The van der Waals surface area contributed by atoms with Crippen molar-refractivity contribution in [3.63, 3.8) is 0 Å². The van der Waals surface area contributed by atoms with Gasteiger partial charge in [0, 0.05) is 6.07 Å². The number of aryl methyl sites for hydroxylation is 1. The third kappa shape index (κ3) is 6.99. The molecule has 130 valence electrons. The molecule has 0 heterocycles. The molecule has 2 rings (SSSR count). The van der Waals surface area contributed by atoms with Gasteiger partial charge in [0.2, 0.25) is 0 Å². The molecule has 7 heteroatoms. The zero-order valence-corrected chi connectivity index (χ0v) is 17.4. The molecule has 0 unspecified atom stereocenters. The Balaban J connectivity index is 0.00000312. The van der Waals surface area contributed by atoms with Crippen LogP contribution in [-0.4, -0.2) is 13.0 Å². The van der Waals surface area contributed by atoms with Gasteiger partial charge in [-0.05, 0) is 36.6 Å². The van der Waals surface area contributed by atoms with E-state index in [4.69, 9.17) is 4.74 Å².